The van der Waals surface area contributed by atoms with Gasteiger partial charge in [0, 0.05) is 43.9 Å². The van der Waals surface area contributed by atoms with Gasteiger partial charge in [-0.1, -0.05) is 53.2 Å². The van der Waals surface area contributed by atoms with Crippen LogP contribution in [0, 0.1) is 6.92 Å². The zero-order chi connectivity index (χ0) is 16.9. The van der Waals surface area contributed by atoms with Crippen molar-refractivity contribution in [1.82, 2.24) is 9.80 Å². The molecule has 1 heterocycles. The van der Waals surface area contributed by atoms with E-state index in [1.807, 2.05) is 43.3 Å². The van der Waals surface area contributed by atoms with E-state index in [2.05, 4.69) is 34.1 Å². The quantitative estimate of drug-likeness (QED) is 0.534. The third-order valence-corrected chi connectivity index (χ3v) is 4.62. The molecule has 0 aromatic heterocycles. The van der Waals surface area contributed by atoms with Crippen molar-refractivity contribution in [1.29, 1.82) is 0 Å². The van der Waals surface area contributed by atoms with Gasteiger partial charge in [-0.15, -0.1) is 0 Å². The second kappa shape index (κ2) is 7.60. The Bertz CT molecular complexity index is 701. The second-order valence-electron chi connectivity index (χ2n) is 6.59. The molecular weight excluding hydrogens is 298 g/mol. The highest BCUT2D eigenvalue weighted by Crippen LogP contribution is 2.15. The van der Waals surface area contributed by atoms with Crippen LogP contribution in [0.25, 0.3) is 0 Å². The minimum Gasteiger partial charge on any atom is -0.410 e. The lowest BCUT2D eigenvalue weighted by Gasteiger charge is -2.32. The summed E-state index contributed by atoms with van der Waals surface area (Å²) < 4.78 is 0. The molecule has 0 amide bonds. The Hall–Kier alpha value is -2.17. The first-order valence-electron chi connectivity index (χ1n) is 8.45. The van der Waals surface area contributed by atoms with E-state index in [0.717, 1.165) is 49.4 Å². The van der Waals surface area contributed by atoms with E-state index < -0.39 is 0 Å². The van der Waals surface area contributed by atoms with E-state index in [1.54, 1.807) is 0 Å². The van der Waals surface area contributed by atoms with Crippen molar-refractivity contribution >= 4 is 5.71 Å². The minimum absolute atomic E-state index is 0.616. The number of oxime groups is 1. The molecule has 2 aromatic carbocycles. The summed E-state index contributed by atoms with van der Waals surface area (Å²) in [7, 11) is 2.17. The molecule has 2 aromatic rings. The van der Waals surface area contributed by atoms with Crippen molar-refractivity contribution in [2.75, 3.05) is 33.2 Å². The summed E-state index contributed by atoms with van der Waals surface area (Å²) in [5, 5.41) is 13.0. The van der Waals surface area contributed by atoms with Crippen LogP contribution in [-0.2, 0) is 6.54 Å². The van der Waals surface area contributed by atoms with Crippen LogP contribution in [0.15, 0.2) is 53.7 Å². The highest BCUT2D eigenvalue weighted by atomic mass is 16.4. The van der Waals surface area contributed by atoms with E-state index in [4.69, 9.17) is 0 Å². The van der Waals surface area contributed by atoms with E-state index in [0.29, 0.717) is 5.71 Å². The number of aryl methyl sites for hydroxylation is 1. The van der Waals surface area contributed by atoms with Crippen LogP contribution in [0.3, 0.4) is 0 Å². The third kappa shape index (κ3) is 4.02. The van der Waals surface area contributed by atoms with Crippen molar-refractivity contribution < 1.29 is 5.21 Å². The van der Waals surface area contributed by atoms with Crippen LogP contribution in [0.2, 0.25) is 0 Å². The normalized spacial score (nSPS) is 17.2. The number of piperazine rings is 1. The predicted molar refractivity (Wildman–Crippen MR) is 97.8 cm³/mol. The van der Waals surface area contributed by atoms with Crippen LogP contribution in [-0.4, -0.2) is 53.9 Å². The molecule has 1 aliphatic heterocycles. The largest absolute Gasteiger partial charge is 0.410 e. The van der Waals surface area contributed by atoms with Crippen LogP contribution in [0.5, 0.6) is 0 Å². The van der Waals surface area contributed by atoms with Crippen molar-refractivity contribution in [2.45, 2.75) is 13.5 Å². The van der Waals surface area contributed by atoms with Crippen LogP contribution in [0.4, 0.5) is 0 Å². The fraction of sp³-hybridized carbons (Fsp3) is 0.350. The maximum absolute atomic E-state index is 9.45. The molecule has 0 unspecified atom stereocenters. The zero-order valence-electron chi connectivity index (χ0n) is 14.4. The first-order valence-corrected chi connectivity index (χ1v) is 8.45. The molecule has 3 rings (SSSR count). The second-order valence-corrected chi connectivity index (χ2v) is 6.59. The summed E-state index contributed by atoms with van der Waals surface area (Å²) in [5.41, 5.74) is 4.93. The first kappa shape index (κ1) is 16.7. The number of benzene rings is 2. The molecule has 1 saturated heterocycles. The number of likely N-dealkylation sites (N-methyl/N-ethyl adjacent to an activating group) is 1. The van der Waals surface area contributed by atoms with Gasteiger partial charge in [0.15, 0.2) is 0 Å². The summed E-state index contributed by atoms with van der Waals surface area (Å²) in [6.45, 7) is 7.51. The average molecular weight is 323 g/mol. The predicted octanol–water partition coefficient (Wildman–Crippen LogP) is 2.97. The van der Waals surface area contributed by atoms with Gasteiger partial charge >= 0.3 is 0 Å². The van der Waals surface area contributed by atoms with Crippen molar-refractivity contribution in [3.63, 3.8) is 0 Å². The van der Waals surface area contributed by atoms with Crippen LogP contribution >= 0.6 is 0 Å². The molecule has 4 nitrogen and oxygen atoms in total. The van der Waals surface area contributed by atoms with Crippen LogP contribution in [0.1, 0.15) is 22.3 Å². The first-order chi connectivity index (χ1) is 11.7. The van der Waals surface area contributed by atoms with Crippen molar-refractivity contribution in [3.05, 3.63) is 70.8 Å². The molecule has 1 N–H and O–H groups in total. The lowest BCUT2D eigenvalue weighted by atomic mass is 9.99. The zero-order valence-corrected chi connectivity index (χ0v) is 14.4. The van der Waals surface area contributed by atoms with Gasteiger partial charge in [0.2, 0.25) is 0 Å². The van der Waals surface area contributed by atoms with Gasteiger partial charge in [-0.2, -0.15) is 0 Å². The smallest absolute Gasteiger partial charge is 0.117 e. The maximum atomic E-state index is 9.45. The molecule has 0 atom stereocenters. The fourth-order valence-electron chi connectivity index (χ4n) is 3.11. The van der Waals surface area contributed by atoms with E-state index in [-0.39, 0.29) is 0 Å². The Morgan fingerprint density at radius 3 is 2.33 bits per heavy atom. The average Bonchev–Trinajstić information content (AvgIpc) is 2.59. The molecule has 4 heteroatoms. The minimum atomic E-state index is 0.616. The van der Waals surface area contributed by atoms with Crippen molar-refractivity contribution in [2.24, 2.45) is 5.16 Å². The van der Waals surface area contributed by atoms with Gasteiger partial charge in [0.05, 0.1) is 0 Å². The molecule has 126 valence electrons. The number of rotatable bonds is 4. The van der Waals surface area contributed by atoms with E-state index in [9.17, 15) is 5.21 Å². The highest BCUT2D eigenvalue weighted by Gasteiger charge is 2.14. The Labute approximate surface area is 144 Å². The Morgan fingerprint density at radius 1 is 1.00 bits per heavy atom. The molecule has 1 fully saturated rings. The van der Waals surface area contributed by atoms with Crippen molar-refractivity contribution in [3.8, 4) is 0 Å². The molecule has 0 spiro atoms. The third-order valence-electron chi connectivity index (χ3n) is 4.62. The highest BCUT2D eigenvalue weighted by molar-refractivity contribution is 6.12. The van der Waals surface area contributed by atoms with Gasteiger partial charge in [-0.05, 0) is 25.6 Å². The molecule has 0 aliphatic carbocycles. The van der Waals surface area contributed by atoms with Crippen LogP contribution < -0.4 is 0 Å². The standard InChI is InChI=1S/C20H25N3O/c1-16-4-3-5-19(14-16)20(21-24)18-8-6-17(7-9-18)15-23-12-10-22(2)11-13-23/h3-9,14,24H,10-13,15H2,1-2H3/b21-20-. The van der Waals surface area contributed by atoms with Gasteiger partial charge < -0.3 is 10.1 Å². The van der Waals surface area contributed by atoms with Gasteiger partial charge in [0.1, 0.15) is 5.71 Å². The topological polar surface area (TPSA) is 39.1 Å². The summed E-state index contributed by atoms with van der Waals surface area (Å²) in [5.74, 6) is 0. The molecular formula is C20H25N3O. The molecule has 0 radical (unpaired) electrons. The summed E-state index contributed by atoms with van der Waals surface area (Å²) >= 11 is 0. The lowest BCUT2D eigenvalue weighted by Crippen LogP contribution is -2.43. The Balaban J connectivity index is 1.71. The monoisotopic (exact) mass is 323 g/mol. The molecule has 0 saturated carbocycles. The number of hydrogen-bond donors (Lipinski definition) is 1. The number of hydrogen-bond acceptors (Lipinski definition) is 4. The fourth-order valence-corrected chi connectivity index (χ4v) is 3.11. The summed E-state index contributed by atoms with van der Waals surface area (Å²) in [6, 6.07) is 16.4. The lowest BCUT2D eigenvalue weighted by molar-refractivity contribution is 0.148. The number of nitrogens with zero attached hydrogens (tertiary/aromatic N) is 3. The molecule has 1 aliphatic rings. The molecule has 24 heavy (non-hydrogen) atoms. The SMILES string of the molecule is Cc1cccc(/C(=N\O)c2ccc(CN3CCN(C)CC3)cc2)c1. The summed E-state index contributed by atoms with van der Waals surface area (Å²) in [6.07, 6.45) is 0. The Morgan fingerprint density at radius 2 is 1.71 bits per heavy atom. The molecule has 0 bridgehead atoms. The summed E-state index contributed by atoms with van der Waals surface area (Å²) in [4.78, 5) is 4.85. The van der Waals surface area contributed by atoms with E-state index >= 15 is 0 Å². The Kier molecular flexibility index (Phi) is 5.28. The van der Waals surface area contributed by atoms with Gasteiger partial charge in [0.25, 0.3) is 0 Å². The van der Waals surface area contributed by atoms with Gasteiger partial charge in [-0.3, -0.25) is 4.90 Å². The van der Waals surface area contributed by atoms with E-state index in [1.165, 1.54) is 5.56 Å². The van der Waals surface area contributed by atoms with Gasteiger partial charge in [-0.25, -0.2) is 0 Å². The maximum Gasteiger partial charge on any atom is 0.117 e.